The molecule has 1 amide bonds. The van der Waals surface area contributed by atoms with E-state index in [1.54, 1.807) is 6.07 Å². The second-order valence-corrected chi connectivity index (χ2v) is 8.97. The number of ether oxygens (including phenoxy) is 2. The van der Waals surface area contributed by atoms with Gasteiger partial charge in [-0.1, -0.05) is 30.0 Å². The van der Waals surface area contributed by atoms with Crippen LogP contribution in [0, 0.1) is 11.8 Å². The van der Waals surface area contributed by atoms with E-state index in [1.165, 1.54) is 7.11 Å². The Morgan fingerprint density at radius 3 is 2.94 bits per heavy atom. The predicted octanol–water partition coefficient (Wildman–Crippen LogP) is 3.91. The molecular weight excluding hydrogens is 456 g/mol. The molecule has 0 aliphatic carbocycles. The van der Waals surface area contributed by atoms with E-state index in [-0.39, 0.29) is 18.5 Å². The highest BCUT2D eigenvalue weighted by Crippen LogP contribution is 2.30. The molecule has 1 atom stereocenters. The first-order chi connectivity index (χ1) is 17.6. The number of para-hydroxylation sites is 1. The number of aliphatic hydroxyl groups excluding tert-OH is 1. The van der Waals surface area contributed by atoms with Crippen LogP contribution < -0.4 is 10.1 Å². The minimum Gasteiger partial charge on any atom is -0.492 e. The van der Waals surface area contributed by atoms with Gasteiger partial charge in [-0.05, 0) is 61.4 Å². The molecule has 0 spiro atoms. The summed E-state index contributed by atoms with van der Waals surface area (Å²) < 4.78 is 10.6. The van der Waals surface area contributed by atoms with Gasteiger partial charge in [-0.2, -0.15) is 0 Å². The minimum absolute atomic E-state index is 0.187. The van der Waals surface area contributed by atoms with E-state index >= 15 is 0 Å². The molecule has 0 unspecified atom stereocenters. The number of rotatable bonds is 8. The Labute approximate surface area is 211 Å². The van der Waals surface area contributed by atoms with Crippen LogP contribution >= 0.6 is 0 Å². The standard InChI is InChI=1S/C29H32N2O5/c1-35-27(33)13-4-2-3-9-20-15-21-10-7-8-14-36-28(21)25(16-20)29(34)31-23(19-32)17-22-18-30-26-12-6-5-11-24(22)26/h5-6,11-12,15-16,18,23,30,32H,2,4,7-8,10,13-14,17,19H2,1H3,(H,31,34)/t23-/m1/s1. The fraction of sp³-hybridized carbons (Fsp3) is 0.379. The van der Waals surface area contributed by atoms with Crippen molar-refractivity contribution in [1.82, 2.24) is 10.3 Å². The number of H-pyrrole nitrogens is 1. The summed E-state index contributed by atoms with van der Waals surface area (Å²) in [7, 11) is 1.38. The molecule has 36 heavy (non-hydrogen) atoms. The molecule has 0 saturated carbocycles. The van der Waals surface area contributed by atoms with Crippen LogP contribution in [-0.4, -0.2) is 48.3 Å². The van der Waals surface area contributed by atoms with Gasteiger partial charge in [0.25, 0.3) is 5.91 Å². The van der Waals surface area contributed by atoms with Crippen molar-refractivity contribution in [3.8, 4) is 17.6 Å². The topological polar surface area (TPSA) is 101 Å². The van der Waals surface area contributed by atoms with E-state index < -0.39 is 6.04 Å². The Morgan fingerprint density at radius 2 is 2.11 bits per heavy atom. The summed E-state index contributed by atoms with van der Waals surface area (Å²) in [4.78, 5) is 27.9. The van der Waals surface area contributed by atoms with Gasteiger partial charge in [-0.3, -0.25) is 9.59 Å². The first-order valence-corrected chi connectivity index (χ1v) is 12.4. The quantitative estimate of drug-likeness (QED) is 0.254. The van der Waals surface area contributed by atoms with Gasteiger partial charge >= 0.3 is 5.97 Å². The Kier molecular flexibility index (Phi) is 8.64. The molecule has 7 nitrogen and oxygen atoms in total. The van der Waals surface area contributed by atoms with E-state index in [0.717, 1.165) is 46.9 Å². The molecule has 0 fully saturated rings. The lowest BCUT2D eigenvalue weighted by Gasteiger charge is -2.19. The fourth-order valence-electron chi connectivity index (χ4n) is 4.46. The van der Waals surface area contributed by atoms with Gasteiger partial charge in [0.1, 0.15) is 5.75 Å². The summed E-state index contributed by atoms with van der Waals surface area (Å²) >= 11 is 0. The summed E-state index contributed by atoms with van der Waals surface area (Å²) in [5, 5.41) is 14.1. The second kappa shape index (κ2) is 12.3. The summed E-state index contributed by atoms with van der Waals surface area (Å²) in [5.74, 6) is 6.29. The molecule has 0 radical (unpaired) electrons. The molecule has 3 aromatic rings. The van der Waals surface area contributed by atoms with E-state index in [1.807, 2.05) is 36.5 Å². The average Bonchev–Trinajstić information content (AvgIpc) is 3.15. The number of benzene rings is 2. The number of methoxy groups -OCH3 is 1. The Bertz CT molecular complexity index is 1280. The summed E-state index contributed by atoms with van der Waals surface area (Å²) in [6.45, 7) is 0.374. The maximum absolute atomic E-state index is 13.4. The Morgan fingerprint density at radius 1 is 1.25 bits per heavy atom. The van der Waals surface area contributed by atoms with Crippen molar-refractivity contribution in [2.24, 2.45) is 0 Å². The van der Waals surface area contributed by atoms with Crippen LogP contribution in [0.2, 0.25) is 0 Å². The average molecular weight is 489 g/mol. The van der Waals surface area contributed by atoms with E-state index in [0.29, 0.717) is 43.6 Å². The molecule has 2 aromatic carbocycles. The van der Waals surface area contributed by atoms with Crippen LogP contribution in [0.3, 0.4) is 0 Å². The summed E-state index contributed by atoms with van der Waals surface area (Å²) in [6, 6.07) is 11.3. The molecule has 1 aromatic heterocycles. The number of nitrogens with one attached hydrogen (secondary N) is 2. The number of fused-ring (bicyclic) bond motifs is 2. The third kappa shape index (κ3) is 6.27. The molecule has 1 aliphatic heterocycles. The van der Waals surface area contributed by atoms with Gasteiger partial charge < -0.3 is 24.9 Å². The molecule has 4 rings (SSSR count). The summed E-state index contributed by atoms with van der Waals surface area (Å²) in [5.41, 5.74) is 4.19. The van der Waals surface area contributed by atoms with E-state index in [2.05, 4.69) is 26.9 Å². The van der Waals surface area contributed by atoms with Crippen LogP contribution in [0.25, 0.3) is 10.9 Å². The fourth-order valence-corrected chi connectivity index (χ4v) is 4.46. The van der Waals surface area contributed by atoms with Gasteiger partial charge in [0, 0.05) is 35.5 Å². The highest BCUT2D eigenvalue weighted by Gasteiger charge is 2.22. The second-order valence-electron chi connectivity index (χ2n) is 8.97. The number of hydrogen-bond acceptors (Lipinski definition) is 5. The van der Waals surface area contributed by atoms with Crippen LogP contribution in [0.4, 0.5) is 0 Å². The van der Waals surface area contributed by atoms with Gasteiger partial charge in [0.05, 0.1) is 31.9 Å². The zero-order valence-electron chi connectivity index (χ0n) is 20.6. The van der Waals surface area contributed by atoms with Crippen molar-refractivity contribution in [2.45, 2.75) is 51.0 Å². The van der Waals surface area contributed by atoms with E-state index in [4.69, 9.17) is 4.74 Å². The number of amides is 1. The lowest BCUT2D eigenvalue weighted by atomic mass is 9.99. The zero-order chi connectivity index (χ0) is 25.3. The monoisotopic (exact) mass is 488 g/mol. The molecule has 188 valence electrons. The third-order valence-corrected chi connectivity index (χ3v) is 6.34. The van der Waals surface area contributed by atoms with Crippen LogP contribution in [0.5, 0.6) is 5.75 Å². The molecule has 7 heteroatoms. The predicted molar refractivity (Wildman–Crippen MR) is 138 cm³/mol. The van der Waals surface area contributed by atoms with Crippen molar-refractivity contribution in [1.29, 1.82) is 0 Å². The maximum Gasteiger partial charge on any atom is 0.305 e. The first kappa shape index (κ1) is 25.3. The molecule has 0 bridgehead atoms. The minimum atomic E-state index is -0.453. The molecule has 3 N–H and O–H groups in total. The maximum atomic E-state index is 13.4. The molecule has 0 saturated heterocycles. The number of aliphatic hydroxyl groups is 1. The number of aryl methyl sites for hydroxylation is 1. The van der Waals surface area contributed by atoms with Crippen molar-refractivity contribution >= 4 is 22.8 Å². The number of carbonyl (C=O) groups excluding carboxylic acids is 2. The van der Waals surface area contributed by atoms with Crippen LogP contribution in [0.1, 0.15) is 59.2 Å². The largest absolute Gasteiger partial charge is 0.492 e. The number of carbonyl (C=O) groups is 2. The zero-order valence-corrected chi connectivity index (χ0v) is 20.6. The Hall–Kier alpha value is -3.76. The van der Waals surface area contributed by atoms with Gasteiger partial charge in [-0.15, -0.1) is 0 Å². The number of unbranched alkanes of at least 4 members (excludes halogenated alkanes) is 1. The van der Waals surface area contributed by atoms with E-state index in [9.17, 15) is 14.7 Å². The number of aromatic nitrogens is 1. The molecule has 2 heterocycles. The van der Waals surface area contributed by atoms with Crippen LogP contribution in [0.15, 0.2) is 42.6 Å². The van der Waals surface area contributed by atoms with Crippen molar-refractivity contribution < 1.29 is 24.2 Å². The lowest BCUT2D eigenvalue weighted by Crippen LogP contribution is -2.39. The van der Waals surface area contributed by atoms with Crippen molar-refractivity contribution in [3.63, 3.8) is 0 Å². The normalized spacial score (nSPS) is 13.5. The summed E-state index contributed by atoms with van der Waals surface area (Å²) in [6.07, 6.45) is 6.63. The lowest BCUT2D eigenvalue weighted by molar-refractivity contribution is -0.140. The van der Waals surface area contributed by atoms with Crippen LogP contribution in [-0.2, 0) is 22.4 Å². The van der Waals surface area contributed by atoms with Crippen molar-refractivity contribution in [3.05, 3.63) is 64.8 Å². The first-order valence-electron chi connectivity index (χ1n) is 12.4. The molecular formula is C29H32N2O5. The Balaban J connectivity index is 1.52. The highest BCUT2D eigenvalue weighted by molar-refractivity contribution is 5.98. The van der Waals surface area contributed by atoms with Gasteiger partial charge in [0.2, 0.25) is 0 Å². The highest BCUT2D eigenvalue weighted by atomic mass is 16.5. The van der Waals surface area contributed by atoms with Gasteiger partial charge in [-0.25, -0.2) is 0 Å². The number of aromatic amines is 1. The smallest absolute Gasteiger partial charge is 0.305 e. The van der Waals surface area contributed by atoms with Crippen molar-refractivity contribution in [2.75, 3.05) is 20.3 Å². The molecule has 1 aliphatic rings. The SMILES string of the molecule is COC(=O)CCCC#Cc1cc2c(c(C(=O)N[C@@H](CO)Cc3c[nH]c4ccccc34)c1)OCCCC2. The number of hydrogen-bond donors (Lipinski definition) is 3. The number of esters is 1. The van der Waals surface area contributed by atoms with Gasteiger partial charge in [0.15, 0.2) is 0 Å². The third-order valence-electron chi connectivity index (χ3n) is 6.34.